The number of rotatable bonds is 3. The van der Waals surface area contributed by atoms with Gasteiger partial charge in [-0.25, -0.2) is 9.79 Å². The van der Waals surface area contributed by atoms with Crippen LogP contribution in [0.3, 0.4) is 0 Å². The summed E-state index contributed by atoms with van der Waals surface area (Å²) in [4.78, 5) is 15.9. The first kappa shape index (κ1) is 15.8. The maximum absolute atomic E-state index is 12.4. The molecular weight excluding hydrogens is 323 g/mol. The number of ether oxygens (including phenoxy) is 2. The third-order valence-electron chi connectivity index (χ3n) is 3.08. The van der Waals surface area contributed by atoms with Crippen LogP contribution in [0.4, 0.5) is 13.2 Å². The van der Waals surface area contributed by atoms with Crippen molar-refractivity contribution in [2.75, 3.05) is 0 Å². The van der Waals surface area contributed by atoms with E-state index in [0.29, 0.717) is 5.56 Å². The van der Waals surface area contributed by atoms with Crippen LogP contribution < -0.4 is 4.74 Å². The number of halogens is 3. The van der Waals surface area contributed by atoms with Crippen LogP contribution in [0.2, 0.25) is 0 Å². The Morgan fingerprint density at radius 1 is 1.00 bits per heavy atom. The summed E-state index contributed by atoms with van der Waals surface area (Å²) in [5.41, 5.74) is 0.556. The Morgan fingerprint density at radius 3 is 2.38 bits per heavy atom. The molecule has 0 bridgehead atoms. The van der Waals surface area contributed by atoms with Crippen LogP contribution in [0, 0.1) is 0 Å². The molecule has 2 aromatic rings. The second-order valence-corrected chi connectivity index (χ2v) is 4.79. The van der Waals surface area contributed by atoms with Crippen LogP contribution in [0.25, 0.3) is 6.08 Å². The molecule has 0 saturated carbocycles. The van der Waals surface area contributed by atoms with Gasteiger partial charge in [-0.3, -0.25) is 0 Å². The van der Waals surface area contributed by atoms with Crippen molar-refractivity contribution >= 4 is 17.9 Å². The number of carbonyl (C=O) groups is 1. The number of carbonyl (C=O) groups excluding carboxylic acids is 1. The van der Waals surface area contributed by atoms with E-state index in [9.17, 15) is 18.0 Å². The second-order valence-electron chi connectivity index (χ2n) is 4.79. The number of benzene rings is 2. The molecule has 0 amide bonds. The van der Waals surface area contributed by atoms with Crippen LogP contribution in [0.5, 0.6) is 5.75 Å². The number of hydrogen-bond acceptors (Lipinski definition) is 4. The molecule has 7 heteroatoms. The Bertz CT molecular complexity index is 826. The highest BCUT2D eigenvalue weighted by molar-refractivity contribution is 6.12. The van der Waals surface area contributed by atoms with Gasteiger partial charge in [-0.2, -0.15) is 0 Å². The molecule has 1 aliphatic rings. The van der Waals surface area contributed by atoms with E-state index in [0.717, 1.165) is 6.07 Å². The van der Waals surface area contributed by atoms with Crippen LogP contribution >= 0.6 is 0 Å². The van der Waals surface area contributed by atoms with Crippen molar-refractivity contribution in [2.45, 2.75) is 6.36 Å². The van der Waals surface area contributed by atoms with E-state index in [1.807, 2.05) is 0 Å². The molecule has 0 aromatic heterocycles. The highest BCUT2D eigenvalue weighted by Gasteiger charge is 2.32. The normalized spacial score (nSPS) is 16.0. The first-order valence-corrected chi connectivity index (χ1v) is 6.85. The molecule has 2 aromatic carbocycles. The number of nitrogens with zero attached hydrogens (tertiary/aromatic N) is 1. The molecule has 0 radical (unpaired) electrons. The Kier molecular flexibility index (Phi) is 4.07. The molecule has 3 rings (SSSR count). The molecule has 122 valence electrons. The lowest BCUT2D eigenvalue weighted by Gasteiger charge is -2.10. The summed E-state index contributed by atoms with van der Waals surface area (Å²) < 4.78 is 46.3. The van der Waals surface area contributed by atoms with Gasteiger partial charge >= 0.3 is 12.3 Å². The van der Waals surface area contributed by atoms with Crippen molar-refractivity contribution < 1.29 is 27.4 Å². The fraction of sp³-hybridized carbons (Fsp3) is 0.0588. The minimum atomic E-state index is -4.83. The fourth-order valence-electron chi connectivity index (χ4n) is 2.08. The molecule has 0 unspecified atom stereocenters. The van der Waals surface area contributed by atoms with E-state index in [-0.39, 0.29) is 17.2 Å². The van der Waals surface area contributed by atoms with E-state index in [4.69, 9.17) is 4.74 Å². The van der Waals surface area contributed by atoms with E-state index >= 15 is 0 Å². The first-order valence-electron chi connectivity index (χ1n) is 6.85. The molecule has 0 aliphatic carbocycles. The van der Waals surface area contributed by atoms with Crippen molar-refractivity contribution in [2.24, 2.45) is 4.99 Å². The van der Waals surface area contributed by atoms with E-state index in [1.54, 1.807) is 30.3 Å². The Labute approximate surface area is 134 Å². The third-order valence-corrected chi connectivity index (χ3v) is 3.08. The zero-order valence-corrected chi connectivity index (χ0v) is 12.1. The van der Waals surface area contributed by atoms with E-state index in [1.165, 1.54) is 24.3 Å². The topological polar surface area (TPSA) is 47.9 Å². The molecule has 0 spiro atoms. The van der Waals surface area contributed by atoms with Gasteiger partial charge in [0.15, 0.2) is 5.70 Å². The third kappa shape index (κ3) is 3.62. The molecule has 0 saturated heterocycles. The first-order chi connectivity index (χ1) is 11.4. The predicted molar refractivity (Wildman–Crippen MR) is 80.2 cm³/mol. The summed E-state index contributed by atoms with van der Waals surface area (Å²) in [5.74, 6) is -1.06. The molecule has 4 nitrogen and oxygen atoms in total. The van der Waals surface area contributed by atoms with E-state index < -0.39 is 18.1 Å². The zero-order valence-electron chi connectivity index (χ0n) is 12.1. The molecule has 0 atom stereocenters. The standard InChI is InChI=1S/C17H10F3NO3/c18-17(19,20)24-14-9-5-4-8-12(14)10-13-16(22)23-15(21-13)11-6-2-1-3-7-11/h1-10H/b13-10-. The highest BCUT2D eigenvalue weighted by Crippen LogP contribution is 2.29. The lowest BCUT2D eigenvalue weighted by Crippen LogP contribution is -2.17. The number of esters is 1. The monoisotopic (exact) mass is 333 g/mol. The van der Waals surface area contributed by atoms with Gasteiger partial charge in [-0.05, 0) is 24.3 Å². The molecule has 1 aliphatic heterocycles. The van der Waals surface area contributed by atoms with Crippen LogP contribution in [-0.2, 0) is 9.53 Å². The number of alkyl halides is 3. The minimum absolute atomic E-state index is 0.0693. The van der Waals surface area contributed by atoms with Gasteiger partial charge in [0.25, 0.3) is 0 Å². The molecule has 1 heterocycles. The van der Waals surface area contributed by atoms with Crippen molar-refractivity contribution in [3.63, 3.8) is 0 Å². The lowest BCUT2D eigenvalue weighted by molar-refractivity contribution is -0.274. The van der Waals surface area contributed by atoms with Gasteiger partial charge in [0.2, 0.25) is 5.90 Å². The average Bonchev–Trinajstić information content (AvgIpc) is 2.90. The predicted octanol–water partition coefficient (Wildman–Crippen LogP) is 3.93. The van der Waals surface area contributed by atoms with E-state index in [2.05, 4.69) is 9.73 Å². The summed E-state index contributed by atoms with van der Waals surface area (Å²) in [5, 5.41) is 0. The zero-order chi connectivity index (χ0) is 17.2. The molecule has 24 heavy (non-hydrogen) atoms. The Balaban J connectivity index is 1.94. The summed E-state index contributed by atoms with van der Waals surface area (Å²) in [6.07, 6.45) is -3.64. The second kappa shape index (κ2) is 6.19. The van der Waals surface area contributed by atoms with Gasteiger partial charge in [-0.15, -0.1) is 13.2 Å². The smallest absolute Gasteiger partial charge is 0.405 e. The SMILES string of the molecule is O=C1OC(c2ccccc2)=N/C1=C\c1ccccc1OC(F)(F)F. The summed E-state index contributed by atoms with van der Waals surface area (Å²) >= 11 is 0. The summed E-state index contributed by atoms with van der Waals surface area (Å²) in [6.45, 7) is 0. The van der Waals surface area contributed by atoms with Gasteiger partial charge < -0.3 is 9.47 Å². The van der Waals surface area contributed by atoms with Crippen molar-refractivity contribution in [3.8, 4) is 5.75 Å². The number of para-hydroxylation sites is 1. The highest BCUT2D eigenvalue weighted by atomic mass is 19.4. The quantitative estimate of drug-likeness (QED) is 0.632. The van der Waals surface area contributed by atoms with Crippen LogP contribution in [0.1, 0.15) is 11.1 Å². The maximum atomic E-state index is 12.4. The van der Waals surface area contributed by atoms with Gasteiger partial charge in [0.05, 0.1) is 0 Å². The van der Waals surface area contributed by atoms with Gasteiger partial charge in [-0.1, -0.05) is 36.4 Å². The average molecular weight is 333 g/mol. The van der Waals surface area contributed by atoms with Crippen molar-refractivity contribution in [3.05, 3.63) is 71.4 Å². The van der Waals surface area contributed by atoms with Gasteiger partial charge in [0, 0.05) is 11.1 Å². The van der Waals surface area contributed by atoms with Crippen LogP contribution in [-0.4, -0.2) is 18.2 Å². The van der Waals surface area contributed by atoms with Crippen LogP contribution in [0.15, 0.2) is 65.3 Å². The van der Waals surface area contributed by atoms with Gasteiger partial charge in [0.1, 0.15) is 5.75 Å². The number of cyclic esters (lactones) is 1. The van der Waals surface area contributed by atoms with Crippen molar-refractivity contribution in [1.82, 2.24) is 0 Å². The molecular formula is C17H10F3NO3. The largest absolute Gasteiger partial charge is 0.573 e. The fourth-order valence-corrected chi connectivity index (χ4v) is 2.08. The lowest BCUT2D eigenvalue weighted by atomic mass is 10.1. The minimum Gasteiger partial charge on any atom is -0.405 e. The Hall–Kier alpha value is -3.09. The van der Waals surface area contributed by atoms with Crippen molar-refractivity contribution in [1.29, 1.82) is 0 Å². The number of aliphatic imine (C=N–C) groups is 1. The maximum Gasteiger partial charge on any atom is 0.573 e. The Morgan fingerprint density at radius 2 is 1.67 bits per heavy atom. The summed E-state index contributed by atoms with van der Waals surface area (Å²) in [7, 11) is 0. The summed E-state index contributed by atoms with van der Waals surface area (Å²) in [6, 6.07) is 14.2. The molecule has 0 N–H and O–H groups in total. The molecule has 0 fully saturated rings. The number of hydrogen-bond donors (Lipinski definition) is 0.